The van der Waals surface area contributed by atoms with E-state index in [1.807, 2.05) is 6.07 Å². The molecule has 0 radical (unpaired) electrons. The smallest absolute Gasteiger partial charge is 0.226 e. The molecule has 0 aliphatic rings. The number of carbonyl (C=O) groups excluding carboxylic acids is 1. The average Bonchev–Trinajstić information content (AvgIpc) is 2.51. The molecule has 6 heteroatoms. The summed E-state index contributed by atoms with van der Waals surface area (Å²) < 4.78 is 25.8. The largest absolute Gasteiger partial charge is 0.384 e. The lowest BCUT2D eigenvalue weighted by molar-refractivity contribution is -0.115. The van der Waals surface area contributed by atoms with Gasteiger partial charge in [0, 0.05) is 18.7 Å². The number of hydrogen-bond acceptors (Lipinski definition) is 3. The molecule has 0 fully saturated rings. The van der Waals surface area contributed by atoms with Crippen molar-refractivity contribution < 1.29 is 13.6 Å². The first kappa shape index (κ1) is 15.4. The first-order valence-electron chi connectivity index (χ1n) is 6.58. The summed E-state index contributed by atoms with van der Waals surface area (Å²) in [5.74, 6) is -2.15. The van der Waals surface area contributed by atoms with E-state index in [-0.39, 0.29) is 18.9 Å². The molecule has 0 bridgehead atoms. The fourth-order valence-electron chi connectivity index (χ4n) is 1.83. The van der Waals surface area contributed by atoms with Gasteiger partial charge in [0.1, 0.15) is 6.07 Å². The highest BCUT2D eigenvalue weighted by Gasteiger charge is 2.07. The molecule has 0 aliphatic heterocycles. The van der Waals surface area contributed by atoms with Gasteiger partial charge in [0.25, 0.3) is 0 Å². The summed E-state index contributed by atoms with van der Waals surface area (Å²) in [6.07, 6.45) is 0.124. The van der Waals surface area contributed by atoms with Crippen molar-refractivity contribution in [2.45, 2.75) is 6.42 Å². The van der Waals surface area contributed by atoms with Crippen molar-refractivity contribution in [3.63, 3.8) is 0 Å². The predicted molar refractivity (Wildman–Crippen MR) is 79.3 cm³/mol. The molecule has 22 heavy (non-hydrogen) atoms. The molecular formula is C16H13F2N3O. The number of carbonyl (C=O) groups is 1. The molecule has 0 aromatic heterocycles. The molecule has 112 valence electrons. The van der Waals surface area contributed by atoms with Crippen LogP contribution in [0.1, 0.15) is 12.0 Å². The Labute approximate surface area is 126 Å². The number of anilines is 2. The maximum Gasteiger partial charge on any atom is 0.226 e. The molecule has 0 saturated heterocycles. The van der Waals surface area contributed by atoms with Gasteiger partial charge in [0.05, 0.1) is 11.3 Å². The third kappa shape index (κ3) is 4.03. The van der Waals surface area contributed by atoms with Crippen LogP contribution in [-0.2, 0) is 4.79 Å². The minimum Gasteiger partial charge on any atom is -0.384 e. The summed E-state index contributed by atoms with van der Waals surface area (Å²) in [7, 11) is 0. The highest BCUT2D eigenvalue weighted by molar-refractivity contribution is 5.92. The average molecular weight is 301 g/mol. The molecule has 2 rings (SSSR count). The van der Waals surface area contributed by atoms with Crippen LogP contribution in [0.3, 0.4) is 0 Å². The summed E-state index contributed by atoms with van der Waals surface area (Å²) in [6.45, 7) is 0.256. The molecular weight excluding hydrogens is 288 g/mol. The Hall–Kier alpha value is -2.94. The molecule has 4 nitrogen and oxygen atoms in total. The van der Waals surface area contributed by atoms with Crippen LogP contribution in [0.25, 0.3) is 0 Å². The number of para-hydroxylation sites is 1. The monoisotopic (exact) mass is 301 g/mol. The second-order valence-electron chi connectivity index (χ2n) is 4.51. The van der Waals surface area contributed by atoms with Crippen molar-refractivity contribution >= 4 is 17.3 Å². The van der Waals surface area contributed by atoms with Crippen LogP contribution in [0.4, 0.5) is 20.2 Å². The maximum absolute atomic E-state index is 13.0. The summed E-state index contributed by atoms with van der Waals surface area (Å²) in [5, 5.41) is 14.4. The van der Waals surface area contributed by atoms with Crippen LogP contribution in [0.15, 0.2) is 42.5 Å². The molecule has 0 aliphatic carbocycles. The fourth-order valence-corrected chi connectivity index (χ4v) is 1.83. The summed E-state index contributed by atoms with van der Waals surface area (Å²) in [5.41, 5.74) is 1.22. The molecule has 1 amide bonds. The summed E-state index contributed by atoms with van der Waals surface area (Å²) in [6, 6.07) is 12.1. The highest BCUT2D eigenvalue weighted by Crippen LogP contribution is 2.15. The first-order valence-corrected chi connectivity index (χ1v) is 6.58. The van der Waals surface area contributed by atoms with Gasteiger partial charge in [-0.25, -0.2) is 8.78 Å². The molecule has 0 spiro atoms. The Morgan fingerprint density at radius 1 is 1.14 bits per heavy atom. The van der Waals surface area contributed by atoms with Crippen LogP contribution >= 0.6 is 0 Å². The standard InChI is InChI=1S/C16H13F2N3O/c17-13-6-5-12(9-14(13)18)20-8-7-16(22)21-15-4-2-1-3-11(15)10-19/h1-6,9,20H,7-8H2,(H,21,22). The number of halogens is 2. The zero-order valence-electron chi connectivity index (χ0n) is 11.6. The Morgan fingerprint density at radius 3 is 2.64 bits per heavy atom. The lowest BCUT2D eigenvalue weighted by atomic mass is 10.2. The number of nitrogens with one attached hydrogen (secondary N) is 2. The number of benzene rings is 2. The van der Waals surface area contributed by atoms with Crippen LogP contribution in [0.5, 0.6) is 0 Å². The molecule has 2 aromatic rings. The quantitative estimate of drug-likeness (QED) is 0.890. The zero-order chi connectivity index (χ0) is 15.9. The lowest BCUT2D eigenvalue weighted by Crippen LogP contribution is -2.16. The van der Waals surface area contributed by atoms with Gasteiger partial charge >= 0.3 is 0 Å². The van der Waals surface area contributed by atoms with Crippen molar-refractivity contribution in [2.75, 3.05) is 17.2 Å². The fraction of sp³-hybridized carbons (Fsp3) is 0.125. The molecule has 0 atom stereocenters. The normalized spacial score (nSPS) is 9.86. The van der Waals surface area contributed by atoms with E-state index in [4.69, 9.17) is 5.26 Å². The SMILES string of the molecule is N#Cc1ccccc1NC(=O)CCNc1ccc(F)c(F)c1. The molecule has 0 unspecified atom stereocenters. The molecule has 0 heterocycles. The van der Waals surface area contributed by atoms with Gasteiger partial charge in [-0.05, 0) is 30.3 Å². The van der Waals surface area contributed by atoms with Gasteiger partial charge in [-0.1, -0.05) is 12.1 Å². The first-order chi connectivity index (χ1) is 10.6. The van der Waals surface area contributed by atoms with Gasteiger partial charge in [-0.2, -0.15) is 5.26 Å². The summed E-state index contributed by atoms with van der Waals surface area (Å²) >= 11 is 0. The van der Waals surface area contributed by atoms with E-state index in [0.717, 1.165) is 12.1 Å². The van der Waals surface area contributed by atoms with Crippen molar-refractivity contribution in [3.8, 4) is 6.07 Å². The second-order valence-corrected chi connectivity index (χ2v) is 4.51. The maximum atomic E-state index is 13.0. The van der Waals surface area contributed by atoms with Crippen LogP contribution in [0, 0.1) is 23.0 Å². The van der Waals surface area contributed by atoms with Gasteiger partial charge in [0.15, 0.2) is 11.6 Å². The number of nitriles is 1. The van der Waals surface area contributed by atoms with E-state index in [0.29, 0.717) is 16.9 Å². The van der Waals surface area contributed by atoms with E-state index in [2.05, 4.69) is 10.6 Å². The van der Waals surface area contributed by atoms with Gasteiger partial charge < -0.3 is 10.6 Å². The van der Waals surface area contributed by atoms with Crippen molar-refractivity contribution in [1.29, 1.82) is 5.26 Å². The second kappa shape index (κ2) is 7.18. The van der Waals surface area contributed by atoms with Crippen LogP contribution in [-0.4, -0.2) is 12.5 Å². The van der Waals surface area contributed by atoms with Gasteiger partial charge in [0.2, 0.25) is 5.91 Å². The lowest BCUT2D eigenvalue weighted by Gasteiger charge is -2.08. The number of amides is 1. The van der Waals surface area contributed by atoms with E-state index in [9.17, 15) is 13.6 Å². The number of hydrogen-bond donors (Lipinski definition) is 2. The predicted octanol–water partition coefficient (Wildman–Crippen LogP) is 3.28. The zero-order valence-corrected chi connectivity index (χ0v) is 11.6. The Morgan fingerprint density at radius 2 is 1.91 bits per heavy atom. The summed E-state index contributed by atoms with van der Waals surface area (Å²) in [4.78, 5) is 11.8. The molecule has 0 saturated carbocycles. The topological polar surface area (TPSA) is 64.9 Å². The van der Waals surface area contributed by atoms with E-state index >= 15 is 0 Å². The minimum absolute atomic E-state index is 0.124. The minimum atomic E-state index is -0.947. The number of nitrogens with zero attached hydrogens (tertiary/aromatic N) is 1. The number of rotatable bonds is 5. The Kier molecular flexibility index (Phi) is 5.04. The van der Waals surface area contributed by atoms with Gasteiger partial charge in [-0.15, -0.1) is 0 Å². The van der Waals surface area contributed by atoms with Gasteiger partial charge in [-0.3, -0.25) is 4.79 Å². The van der Waals surface area contributed by atoms with E-state index in [1.165, 1.54) is 6.07 Å². The van der Waals surface area contributed by atoms with E-state index in [1.54, 1.807) is 24.3 Å². The third-order valence-corrected chi connectivity index (χ3v) is 2.92. The van der Waals surface area contributed by atoms with E-state index < -0.39 is 11.6 Å². The van der Waals surface area contributed by atoms with Crippen molar-refractivity contribution in [1.82, 2.24) is 0 Å². The highest BCUT2D eigenvalue weighted by atomic mass is 19.2. The van der Waals surface area contributed by atoms with Crippen LogP contribution in [0.2, 0.25) is 0 Å². The molecule has 2 N–H and O–H groups in total. The molecule has 2 aromatic carbocycles. The Bertz CT molecular complexity index is 726. The van der Waals surface area contributed by atoms with Crippen LogP contribution < -0.4 is 10.6 Å². The van der Waals surface area contributed by atoms with Crippen molar-refractivity contribution in [2.24, 2.45) is 0 Å². The Balaban J connectivity index is 1.85. The third-order valence-electron chi connectivity index (χ3n) is 2.92. The van der Waals surface area contributed by atoms with Crippen molar-refractivity contribution in [3.05, 3.63) is 59.7 Å².